The maximum atomic E-state index is 12.5. The van der Waals surface area contributed by atoms with Crippen LogP contribution in [0.15, 0.2) is 30.3 Å². The van der Waals surface area contributed by atoms with Gasteiger partial charge in [-0.2, -0.15) is 0 Å². The Labute approximate surface area is 156 Å². The summed E-state index contributed by atoms with van der Waals surface area (Å²) in [5, 5.41) is 2.83. The number of imide groups is 1. The van der Waals surface area contributed by atoms with E-state index in [1.54, 1.807) is 0 Å². The molecule has 0 aliphatic carbocycles. The second kappa shape index (κ2) is 8.67. The Morgan fingerprint density at radius 2 is 1.81 bits per heavy atom. The highest BCUT2D eigenvalue weighted by molar-refractivity contribution is 6.04. The van der Waals surface area contributed by atoms with Gasteiger partial charge in [-0.15, -0.1) is 0 Å². The van der Waals surface area contributed by atoms with Crippen LogP contribution in [0.5, 0.6) is 0 Å². The van der Waals surface area contributed by atoms with E-state index in [0.717, 1.165) is 38.3 Å². The zero-order valence-electron chi connectivity index (χ0n) is 16.0. The van der Waals surface area contributed by atoms with Crippen LogP contribution in [-0.4, -0.2) is 47.5 Å². The average molecular weight is 357 g/mol. The monoisotopic (exact) mass is 357 g/mol. The molecular formula is C21H31N3O2. The number of piperidine rings is 1. The third kappa shape index (κ3) is 4.85. The van der Waals surface area contributed by atoms with Crippen molar-refractivity contribution < 1.29 is 9.59 Å². The maximum absolute atomic E-state index is 12.5. The second-order valence-corrected chi connectivity index (χ2v) is 8.12. The van der Waals surface area contributed by atoms with Gasteiger partial charge in [0.1, 0.15) is 6.04 Å². The van der Waals surface area contributed by atoms with Gasteiger partial charge in [-0.05, 0) is 49.5 Å². The van der Waals surface area contributed by atoms with Gasteiger partial charge in [0, 0.05) is 13.1 Å². The number of likely N-dealkylation sites (tertiary alicyclic amines) is 1. The molecule has 1 aromatic rings. The number of urea groups is 1. The lowest BCUT2D eigenvalue weighted by atomic mass is 9.91. The van der Waals surface area contributed by atoms with Gasteiger partial charge in [0.25, 0.3) is 5.91 Å². The summed E-state index contributed by atoms with van der Waals surface area (Å²) < 4.78 is 0. The van der Waals surface area contributed by atoms with Gasteiger partial charge in [-0.1, -0.05) is 44.2 Å². The van der Waals surface area contributed by atoms with E-state index in [0.29, 0.717) is 19.0 Å². The van der Waals surface area contributed by atoms with Crippen molar-refractivity contribution in [3.05, 3.63) is 35.9 Å². The summed E-state index contributed by atoms with van der Waals surface area (Å²) in [4.78, 5) is 28.3. The number of hydrogen-bond donors (Lipinski definition) is 1. The Bertz CT molecular complexity index is 609. The topological polar surface area (TPSA) is 52.7 Å². The normalized spacial score (nSPS) is 22.3. The maximum Gasteiger partial charge on any atom is 0.325 e. The van der Waals surface area contributed by atoms with E-state index in [9.17, 15) is 9.59 Å². The van der Waals surface area contributed by atoms with Crippen molar-refractivity contribution in [2.45, 2.75) is 52.0 Å². The highest BCUT2D eigenvalue weighted by Crippen LogP contribution is 2.23. The fourth-order valence-corrected chi connectivity index (χ4v) is 3.97. The predicted molar refractivity (Wildman–Crippen MR) is 103 cm³/mol. The van der Waals surface area contributed by atoms with Gasteiger partial charge in [-0.3, -0.25) is 9.69 Å². The van der Waals surface area contributed by atoms with Crippen molar-refractivity contribution >= 4 is 11.9 Å². The molecule has 2 heterocycles. The minimum atomic E-state index is -0.342. The van der Waals surface area contributed by atoms with Crippen LogP contribution < -0.4 is 5.32 Å². The Hall–Kier alpha value is -1.88. The number of benzene rings is 1. The lowest BCUT2D eigenvalue weighted by Gasteiger charge is -2.33. The van der Waals surface area contributed by atoms with Crippen LogP contribution in [0.4, 0.5) is 4.79 Å². The van der Waals surface area contributed by atoms with Crippen LogP contribution in [0.2, 0.25) is 0 Å². The summed E-state index contributed by atoms with van der Waals surface area (Å²) in [6.07, 6.45) is 5.35. The van der Waals surface area contributed by atoms with Crippen molar-refractivity contribution in [3.63, 3.8) is 0 Å². The third-order valence-electron chi connectivity index (χ3n) is 5.55. The summed E-state index contributed by atoms with van der Waals surface area (Å²) in [5.41, 5.74) is 1.41. The fourth-order valence-electron chi connectivity index (χ4n) is 3.97. The van der Waals surface area contributed by atoms with Crippen LogP contribution in [0.3, 0.4) is 0 Å². The summed E-state index contributed by atoms with van der Waals surface area (Å²) >= 11 is 0. The molecule has 26 heavy (non-hydrogen) atoms. The first-order valence-electron chi connectivity index (χ1n) is 9.91. The van der Waals surface area contributed by atoms with E-state index in [1.165, 1.54) is 16.9 Å². The number of carbonyl (C=O) groups excluding carboxylic acids is 2. The molecule has 0 radical (unpaired) electrons. The number of hydrogen-bond acceptors (Lipinski definition) is 3. The Morgan fingerprint density at radius 1 is 1.12 bits per heavy atom. The second-order valence-electron chi connectivity index (χ2n) is 8.12. The molecule has 0 spiro atoms. The number of nitrogens with zero attached hydrogens (tertiary/aromatic N) is 2. The molecule has 0 unspecified atom stereocenters. The van der Waals surface area contributed by atoms with Gasteiger partial charge in [0.2, 0.25) is 0 Å². The quantitative estimate of drug-likeness (QED) is 0.762. The molecule has 2 saturated heterocycles. The van der Waals surface area contributed by atoms with Gasteiger partial charge in [-0.25, -0.2) is 9.69 Å². The van der Waals surface area contributed by atoms with Crippen LogP contribution in [0.25, 0.3) is 0 Å². The van der Waals surface area contributed by atoms with Crippen molar-refractivity contribution in [3.8, 4) is 0 Å². The number of carbonyl (C=O) groups is 2. The van der Waals surface area contributed by atoms with Crippen LogP contribution in [0.1, 0.15) is 45.1 Å². The van der Waals surface area contributed by atoms with E-state index < -0.39 is 0 Å². The van der Waals surface area contributed by atoms with Crippen molar-refractivity contribution in [1.29, 1.82) is 0 Å². The molecule has 1 N–H and O–H groups in total. The summed E-state index contributed by atoms with van der Waals surface area (Å²) in [6, 6.07) is 10.1. The van der Waals surface area contributed by atoms with Gasteiger partial charge >= 0.3 is 6.03 Å². The molecule has 0 aromatic heterocycles. The predicted octanol–water partition coefficient (Wildman–Crippen LogP) is 3.26. The fraction of sp³-hybridized carbons (Fsp3) is 0.619. The van der Waals surface area contributed by atoms with Crippen LogP contribution >= 0.6 is 0 Å². The minimum Gasteiger partial charge on any atom is -0.326 e. The smallest absolute Gasteiger partial charge is 0.325 e. The first kappa shape index (κ1) is 18.9. The van der Waals surface area contributed by atoms with E-state index in [1.807, 2.05) is 0 Å². The molecule has 5 heteroatoms. The molecule has 2 aliphatic rings. The number of rotatable bonds is 7. The zero-order chi connectivity index (χ0) is 18.5. The molecule has 142 valence electrons. The lowest BCUT2D eigenvalue weighted by molar-refractivity contribution is -0.129. The first-order chi connectivity index (χ1) is 12.5. The Kier molecular flexibility index (Phi) is 6.30. The highest BCUT2D eigenvalue weighted by atomic mass is 16.2. The standard InChI is InChI=1S/C21H31N3O2/c1-16(2)14-19-20(25)24(21(26)22-19)15-23-12-10-18(11-13-23)9-8-17-6-4-3-5-7-17/h3-7,16,18-19H,8-15H2,1-2H3,(H,22,26)/t19-/m1/s1. The van der Waals surface area contributed by atoms with E-state index in [4.69, 9.17) is 0 Å². The summed E-state index contributed by atoms with van der Waals surface area (Å²) in [5.74, 6) is 1.07. The Balaban J connectivity index is 1.42. The lowest BCUT2D eigenvalue weighted by Crippen LogP contribution is -2.45. The molecule has 0 bridgehead atoms. The molecule has 2 aliphatic heterocycles. The van der Waals surface area contributed by atoms with Crippen LogP contribution in [0, 0.1) is 11.8 Å². The third-order valence-corrected chi connectivity index (χ3v) is 5.55. The molecule has 5 nitrogen and oxygen atoms in total. The molecule has 1 aromatic carbocycles. The minimum absolute atomic E-state index is 0.0603. The van der Waals surface area contributed by atoms with E-state index in [2.05, 4.69) is 54.4 Å². The van der Waals surface area contributed by atoms with Gasteiger partial charge in [0.15, 0.2) is 0 Å². The first-order valence-corrected chi connectivity index (χ1v) is 9.91. The SMILES string of the molecule is CC(C)C[C@H]1NC(=O)N(CN2CCC(CCc3ccccc3)CC2)C1=O. The number of aryl methyl sites for hydroxylation is 1. The molecular weight excluding hydrogens is 326 g/mol. The largest absolute Gasteiger partial charge is 0.326 e. The van der Waals surface area contributed by atoms with Crippen molar-refractivity contribution in [2.75, 3.05) is 19.8 Å². The molecule has 0 saturated carbocycles. The summed E-state index contributed by atoms with van der Waals surface area (Å²) in [7, 11) is 0. The van der Waals surface area contributed by atoms with Crippen molar-refractivity contribution in [1.82, 2.24) is 15.1 Å². The molecule has 3 rings (SSSR count). The molecule has 2 fully saturated rings. The average Bonchev–Trinajstić information content (AvgIpc) is 2.89. The summed E-state index contributed by atoms with van der Waals surface area (Å²) in [6.45, 7) is 6.51. The zero-order valence-corrected chi connectivity index (χ0v) is 16.0. The van der Waals surface area contributed by atoms with E-state index in [-0.39, 0.29) is 18.0 Å². The van der Waals surface area contributed by atoms with Crippen LogP contribution in [-0.2, 0) is 11.2 Å². The molecule has 1 atom stereocenters. The Morgan fingerprint density at radius 3 is 2.46 bits per heavy atom. The van der Waals surface area contributed by atoms with Gasteiger partial charge in [0.05, 0.1) is 6.67 Å². The van der Waals surface area contributed by atoms with Crippen molar-refractivity contribution in [2.24, 2.45) is 11.8 Å². The molecule has 3 amide bonds. The van der Waals surface area contributed by atoms with E-state index >= 15 is 0 Å². The number of nitrogens with one attached hydrogen (secondary N) is 1. The number of amides is 3. The highest BCUT2D eigenvalue weighted by Gasteiger charge is 2.39. The van der Waals surface area contributed by atoms with Gasteiger partial charge < -0.3 is 5.32 Å².